The molecule has 0 amide bonds. The number of rotatable bonds is 7. The molecule has 0 aliphatic heterocycles. The summed E-state index contributed by atoms with van der Waals surface area (Å²) in [5, 5.41) is 0. The smallest absolute Gasteiger partial charge is 0.0725 e. The number of hydrogen-bond acceptors (Lipinski definition) is 1. The molecule has 0 saturated carbocycles. The van der Waals surface area contributed by atoms with E-state index in [1.807, 2.05) is 6.07 Å². The minimum Gasteiger partial charge on any atom is -0.252 e. The highest BCUT2D eigenvalue weighted by molar-refractivity contribution is 6.09. The number of aliphatic imine (C=N–C) groups is 1. The first kappa shape index (κ1) is 35.3. The van der Waals surface area contributed by atoms with Crippen LogP contribution in [0.4, 0.5) is 0 Å². The molecule has 1 heteroatoms. The summed E-state index contributed by atoms with van der Waals surface area (Å²) in [7, 11) is 0. The van der Waals surface area contributed by atoms with E-state index in [2.05, 4.69) is 215 Å². The van der Waals surface area contributed by atoms with E-state index >= 15 is 0 Å². The average molecular weight is 742 g/mol. The van der Waals surface area contributed by atoms with E-state index < -0.39 is 5.41 Å². The summed E-state index contributed by atoms with van der Waals surface area (Å²) in [4.78, 5) is 5.48. The SMILES string of the molecule is C=C(/C=C(\N=C(/C)c1ccc(-c2ccccc2C)c(C)c1-c1ccc2c(c1)C1(c3ccccc3-c3ccccc31)c1ccccc1-2)c1ccccc1)c1ccccc1. The van der Waals surface area contributed by atoms with E-state index in [9.17, 15) is 0 Å². The van der Waals surface area contributed by atoms with Crippen LogP contribution in [0, 0.1) is 13.8 Å². The molecule has 58 heavy (non-hydrogen) atoms. The van der Waals surface area contributed by atoms with Crippen LogP contribution in [0.2, 0.25) is 0 Å². The molecule has 1 nitrogen and oxygen atoms in total. The van der Waals surface area contributed by atoms with Crippen molar-refractivity contribution in [3.8, 4) is 44.5 Å². The molecular weight excluding hydrogens is 699 g/mol. The van der Waals surface area contributed by atoms with Gasteiger partial charge >= 0.3 is 0 Å². The Morgan fingerprint density at radius 2 is 0.966 bits per heavy atom. The monoisotopic (exact) mass is 741 g/mol. The first-order chi connectivity index (χ1) is 28.4. The Hall–Kier alpha value is -7.09. The van der Waals surface area contributed by atoms with Crippen LogP contribution < -0.4 is 0 Å². The van der Waals surface area contributed by atoms with Crippen molar-refractivity contribution in [3.05, 3.63) is 251 Å². The highest BCUT2D eigenvalue weighted by Gasteiger charge is 2.51. The molecule has 0 N–H and O–H groups in total. The summed E-state index contributed by atoms with van der Waals surface area (Å²) in [6.07, 6.45) is 2.12. The van der Waals surface area contributed by atoms with Crippen molar-refractivity contribution in [2.45, 2.75) is 26.2 Å². The molecule has 276 valence electrons. The Labute approximate surface area is 342 Å². The summed E-state index contributed by atoms with van der Waals surface area (Å²) in [6, 6.07) is 68.4. The second-order valence-corrected chi connectivity index (χ2v) is 15.6. The Kier molecular flexibility index (Phi) is 8.61. The Balaban J connectivity index is 1.22. The minimum atomic E-state index is -0.430. The fourth-order valence-corrected chi connectivity index (χ4v) is 9.73. The van der Waals surface area contributed by atoms with Gasteiger partial charge in [-0.1, -0.05) is 189 Å². The summed E-state index contributed by atoms with van der Waals surface area (Å²) >= 11 is 0. The normalized spacial score (nSPS) is 13.5. The third-order valence-corrected chi connectivity index (χ3v) is 12.4. The maximum atomic E-state index is 5.48. The van der Waals surface area contributed by atoms with Crippen LogP contribution in [0.25, 0.3) is 55.8 Å². The Morgan fingerprint density at radius 1 is 0.483 bits per heavy atom. The maximum Gasteiger partial charge on any atom is 0.0725 e. The van der Waals surface area contributed by atoms with Crippen LogP contribution in [0.1, 0.15) is 57.0 Å². The second kappa shape index (κ2) is 14.1. The molecule has 0 bridgehead atoms. The minimum absolute atomic E-state index is 0.430. The average Bonchev–Trinajstić information content (AvgIpc) is 3.74. The number of hydrogen-bond donors (Lipinski definition) is 0. The van der Waals surface area contributed by atoms with Gasteiger partial charge < -0.3 is 0 Å². The number of fused-ring (bicyclic) bond motifs is 10. The van der Waals surface area contributed by atoms with E-state index in [1.54, 1.807) is 0 Å². The third-order valence-electron chi connectivity index (χ3n) is 12.4. The highest BCUT2D eigenvalue weighted by Crippen LogP contribution is 2.63. The molecule has 0 atom stereocenters. The number of nitrogens with zero attached hydrogens (tertiary/aromatic N) is 1. The van der Waals surface area contributed by atoms with Crippen molar-refractivity contribution in [1.29, 1.82) is 0 Å². The van der Waals surface area contributed by atoms with Crippen molar-refractivity contribution in [1.82, 2.24) is 0 Å². The van der Waals surface area contributed by atoms with Gasteiger partial charge in [-0.3, -0.25) is 4.99 Å². The van der Waals surface area contributed by atoms with Crippen LogP contribution in [0.5, 0.6) is 0 Å². The Morgan fingerprint density at radius 3 is 1.55 bits per heavy atom. The summed E-state index contributed by atoms with van der Waals surface area (Å²) in [5.74, 6) is 0. The van der Waals surface area contributed by atoms with Crippen LogP contribution >= 0.6 is 0 Å². The molecular formula is C57H43N. The molecule has 0 saturated heterocycles. The van der Waals surface area contributed by atoms with Gasteiger partial charge in [-0.2, -0.15) is 0 Å². The second-order valence-electron chi connectivity index (χ2n) is 15.6. The standard InChI is InChI=1S/C57H43N/c1-37-19-11-12-24-44(37)45-33-34-46(40(4)58-55(42-22-9-6-10-23-42)35-38(2)41-20-7-5-8-21-41)56(39(45)3)43-31-32-50-49-27-15-18-30-53(49)57(54(50)36-43)51-28-16-13-25-47(51)48-26-14-17-29-52(48)57/h5-36H,2H2,1,3-4H3/b55-35-,58-40+. The predicted octanol–water partition coefficient (Wildman–Crippen LogP) is 14.5. The van der Waals surface area contributed by atoms with Gasteiger partial charge in [-0.05, 0) is 122 Å². The van der Waals surface area contributed by atoms with Gasteiger partial charge in [0.15, 0.2) is 0 Å². The number of benzene rings is 8. The van der Waals surface area contributed by atoms with Crippen LogP contribution in [-0.2, 0) is 5.41 Å². The van der Waals surface area contributed by atoms with E-state index in [0.29, 0.717) is 0 Å². The third kappa shape index (κ3) is 5.50. The molecule has 0 unspecified atom stereocenters. The summed E-state index contributed by atoms with van der Waals surface area (Å²) in [5.41, 5.74) is 23.5. The van der Waals surface area contributed by atoms with Crippen molar-refractivity contribution >= 4 is 17.0 Å². The molecule has 0 fully saturated rings. The molecule has 0 radical (unpaired) electrons. The van der Waals surface area contributed by atoms with Crippen molar-refractivity contribution in [3.63, 3.8) is 0 Å². The van der Waals surface area contributed by atoms with E-state index in [-0.39, 0.29) is 0 Å². The molecule has 0 aromatic heterocycles. The van der Waals surface area contributed by atoms with E-state index in [1.165, 1.54) is 77.9 Å². The van der Waals surface area contributed by atoms with Gasteiger partial charge in [0, 0.05) is 16.8 Å². The summed E-state index contributed by atoms with van der Waals surface area (Å²) < 4.78 is 0. The predicted molar refractivity (Wildman–Crippen MR) is 245 cm³/mol. The Bertz CT molecular complexity index is 2920. The van der Waals surface area contributed by atoms with Crippen LogP contribution in [0.3, 0.4) is 0 Å². The topological polar surface area (TPSA) is 12.4 Å². The maximum absolute atomic E-state index is 5.48. The number of aryl methyl sites for hydroxylation is 1. The van der Waals surface area contributed by atoms with Crippen LogP contribution in [0.15, 0.2) is 206 Å². The van der Waals surface area contributed by atoms with Crippen molar-refractivity contribution < 1.29 is 0 Å². The van der Waals surface area contributed by atoms with E-state index in [4.69, 9.17) is 4.99 Å². The highest BCUT2D eigenvalue weighted by atomic mass is 14.8. The van der Waals surface area contributed by atoms with Gasteiger partial charge in [0.2, 0.25) is 0 Å². The fourth-order valence-electron chi connectivity index (χ4n) is 9.73. The molecule has 10 rings (SSSR count). The molecule has 2 aliphatic rings. The summed E-state index contributed by atoms with van der Waals surface area (Å²) in [6.45, 7) is 11.1. The van der Waals surface area contributed by atoms with Gasteiger partial charge in [0.1, 0.15) is 0 Å². The quantitative estimate of drug-likeness (QED) is 0.114. The van der Waals surface area contributed by atoms with Gasteiger partial charge in [0.25, 0.3) is 0 Å². The molecule has 1 spiro atoms. The largest absolute Gasteiger partial charge is 0.252 e. The lowest BCUT2D eigenvalue weighted by Crippen LogP contribution is -2.25. The van der Waals surface area contributed by atoms with Crippen LogP contribution in [-0.4, -0.2) is 5.71 Å². The molecule has 0 heterocycles. The van der Waals surface area contributed by atoms with Gasteiger partial charge in [0.05, 0.1) is 11.1 Å². The zero-order chi connectivity index (χ0) is 39.4. The first-order valence-corrected chi connectivity index (χ1v) is 20.2. The lowest BCUT2D eigenvalue weighted by atomic mass is 9.70. The van der Waals surface area contributed by atoms with Gasteiger partial charge in [-0.25, -0.2) is 0 Å². The molecule has 2 aliphatic carbocycles. The lowest BCUT2D eigenvalue weighted by molar-refractivity contribution is 0.794. The van der Waals surface area contributed by atoms with Gasteiger partial charge in [-0.15, -0.1) is 0 Å². The molecule has 8 aromatic carbocycles. The van der Waals surface area contributed by atoms with Crippen molar-refractivity contribution in [2.24, 2.45) is 4.99 Å². The number of allylic oxidation sites excluding steroid dienone is 2. The molecule has 8 aromatic rings. The first-order valence-electron chi connectivity index (χ1n) is 20.2. The van der Waals surface area contributed by atoms with E-state index in [0.717, 1.165) is 33.7 Å². The lowest BCUT2D eigenvalue weighted by Gasteiger charge is -2.31. The fraction of sp³-hybridized carbons (Fsp3) is 0.0702. The van der Waals surface area contributed by atoms with Crippen molar-refractivity contribution in [2.75, 3.05) is 0 Å². The zero-order valence-electron chi connectivity index (χ0n) is 33.1. The zero-order valence-corrected chi connectivity index (χ0v) is 33.1.